The number of alkyl halides is 3. The molecular formula is C24H35F3O3. The molecule has 170 valence electrons. The maximum atomic E-state index is 13.2. The third kappa shape index (κ3) is 5.77. The van der Waals surface area contributed by atoms with Crippen LogP contribution in [-0.2, 0) is 4.74 Å². The van der Waals surface area contributed by atoms with Crippen LogP contribution in [-0.4, -0.2) is 35.9 Å². The summed E-state index contributed by atoms with van der Waals surface area (Å²) in [7, 11) is 1.69. The average Bonchev–Trinajstić information content (AvgIpc) is 2.71. The van der Waals surface area contributed by atoms with Crippen molar-refractivity contribution in [2.45, 2.75) is 76.9 Å². The van der Waals surface area contributed by atoms with E-state index in [0.717, 1.165) is 32.1 Å². The van der Waals surface area contributed by atoms with E-state index in [0.29, 0.717) is 30.6 Å². The van der Waals surface area contributed by atoms with E-state index in [4.69, 9.17) is 4.74 Å². The van der Waals surface area contributed by atoms with Crippen molar-refractivity contribution in [3.05, 3.63) is 35.5 Å². The van der Waals surface area contributed by atoms with E-state index < -0.39 is 12.5 Å². The van der Waals surface area contributed by atoms with Crippen molar-refractivity contribution < 1.29 is 28.1 Å². The lowest BCUT2D eigenvalue weighted by atomic mass is 9.66. The van der Waals surface area contributed by atoms with Gasteiger partial charge in [-0.05, 0) is 87.9 Å². The molecule has 0 aromatic heterocycles. The van der Waals surface area contributed by atoms with Gasteiger partial charge in [-0.3, -0.25) is 0 Å². The van der Waals surface area contributed by atoms with Crippen LogP contribution in [0.3, 0.4) is 0 Å². The first-order valence-electron chi connectivity index (χ1n) is 11.2. The summed E-state index contributed by atoms with van der Waals surface area (Å²) >= 11 is 0. The number of methoxy groups -OCH3 is 1. The van der Waals surface area contributed by atoms with E-state index >= 15 is 0 Å². The lowest BCUT2D eigenvalue weighted by Gasteiger charge is -2.40. The largest absolute Gasteiger partial charge is 0.412 e. The highest BCUT2D eigenvalue weighted by atomic mass is 19.4. The average molecular weight is 429 g/mol. The van der Waals surface area contributed by atoms with E-state index in [9.17, 15) is 23.4 Å². The molecule has 0 amide bonds. The Morgan fingerprint density at radius 1 is 1.10 bits per heavy atom. The molecule has 0 fully saturated rings. The van der Waals surface area contributed by atoms with Gasteiger partial charge in [-0.15, -0.1) is 0 Å². The second-order valence-electron chi connectivity index (χ2n) is 9.29. The zero-order valence-corrected chi connectivity index (χ0v) is 17.9. The number of aliphatic hydroxyl groups excluding tert-OH is 1. The van der Waals surface area contributed by atoms with Crippen LogP contribution in [0.4, 0.5) is 13.2 Å². The van der Waals surface area contributed by atoms with Gasteiger partial charge < -0.3 is 14.9 Å². The maximum absolute atomic E-state index is 13.2. The predicted molar refractivity (Wildman–Crippen MR) is 110 cm³/mol. The van der Waals surface area contributed by atoms with Gasteiger partial charge in [0.05, 0.1) is 6.10 Å². The molecule has 6 heteroatoms. The molecule has 0 saturated heterocycles. The van der Waals surface area contributed by atoms with E-state index in [1.54, 1.807) is 7.11 Å². The fourth-order valence-corrected chi connectivity index (χ4v) is 5.79. The van der Waals surface area contributed by atoms with Crippen molar-refractivity contribution in [3.8, 4) is 0 Å². The molecular weight excluding hydrogens is 393 g/mol. The van der Waals surface area contributed by atoms with Gasteiger partial charge in [0.25, 0.3) is 0 Å². The number of aliphatic hydroxyl groups is 2. The van der Waals surface area contributed by atoms with Gasteiger partial charge in [-0.1, -0.05) is 29.9 Å². The topological polar surface area (TPSA) is 49.7 Å². The molecule has 6 unspecified atom stereocenters. The molecule has 0 spiro atoms. The molecule has 3 aliphatic carbocycles. The predicted octanol–water partition coefficient (Wildman–Crippen LogP) is 5.55. The molecule has 3 rings (SSSR count). The smallest absolute Gasteiger partial charge is 0.377 e. The van der Waals surface area contributed by atoms with Gasteiger partial charge in [0.1, 0.15) is 0 Å². The molecule has 3 aliphatic rings. The number of rotatable bonds is 6. The third-order valence-electron chi connectivity index (χ3n) is 7.37. The van der Waals surface area contributed by atoms with Crippen LogP contribution in [0.1, 0.15) is 58.3 Å². The van der Waals surface area contributed by atoms with E-state index in [-0.39, 0.29) is 29.9 Å². The van der Waals surface area contributed by atoms with Gasteiger partial charge in [0.2, 0.25) is 0 Å². The van der Waals surface area contributed by atoms with Crippen molar-refractivity contribution in [3.63, 3.8) is 0 Å². The monoisotopic (exact) mass is 428 g/mol. The first-order chi connectivity index (χ1) is 14.2. The molecule has 0 bridgehead atoms. The van der Waals surface area contributed by atoms with Crippen LogP contribution in [0, 0.1) is 29.6 Å². The molecule has 0 aliphatic heterocycles. The van der Waals surface area contributed by atoms with Crippen LogP contribution in [0.5, 0.6) is 0 Å². The van der Waals surface area contributed by atoms with Crippen LogP contribution < -0.4 is 0 Å². The van der Waals surface area contributed by atoms with Gasteiger partial charge in [-0.25, -0.2) is 0 Å². The molecule has 0 radical (unpaired) electrons. The zero-order chi connectivity index (χ0) is 21.9. The van der Waals surface area contributed by atoms with Crippen molar-refractivity contribution in [2.24, 2.45) is 29.6 Å². The normalized spacial score (nSPS) is 35.3. The molecule has 30 heavy (non-hydrogen) atoms. The summed E-state index contributed by atoms with van der Waals surface area (Å²) in [5.74, 6) is 1.12. The molecule has 0 saturated carbocycles. The lowest BCUT2D eigenvalue weighted by molar-refractivity contribution is -0.0958. The van der Waals surface area contributed by atoms with Crippen molar-refractivity contribution in [1.82, 2.24) is 0 Å². The molecule has 0 aromatic carbocycles. The minimum Gasteiger partial charge on any atom is -0.377 e. The summed E-state index contributed by atoms with van der Waals surface area (Å²) in [6.45, 7) is 2.07. The quantitative estimate of drug-likeness (QED) is 0.431. The Labute approximate surface area is 177 Å². The van der Waals surface area contributed by atoms with Crippen molar-refractivity contribution >= 4 is 0 Å². The maximum Gasteiger partial charge on any atom is 0.412 e. The zero-order valence-electron chi connectivity index (χ0n) is 17.9. The number of allylic oxidation sites excluding steroid dienone is 5. The highest BCUT2D eigenvalue weighted by molar-refractivity contribution is 5.21. The van der Waals surface area contributed by atoms with Crippen LogP contribution >= 0.6 is 0 Å². The lowest BCUT2D eigenvalue weighted by Crippen LogP contribution is -2.32. The van der Waals surface area contributed by atoms with Crippen LogP contribution in [0.2, 0.25) is 0 Å². The van der Waals surface area contributed by atoms with Crippen LogP contribution in [0.25, 0.3) is 0 Å². The SMILES string of the molecule is COC1C=CC(C2C=C(C)C(C3C=C(C(F)(F)F)CCC3)CC2)C(CCC(O)O)C1. The Morgan fingerprint density at radius 3 is 2.50 bits per heavy atom. The number of ether oxygens (including phenoxy) is 1. The summed E-state index contributed by atoms with van der Waals surface area (Å²) < 4.78 is 45.0. The standard InChI is InChI=1S/C24H35F3O3/c1-15-12-17(22-10-8-20(30-2)14-18(22)7-11-23(28)29)6-9-21(15)16-4-3-5-19(13-16)24(25,26)27/h8,10,12-13,16-18,20-23,28-29H,3-7,9,11,14H2,1-2H3. The van der Waals surface area contributed by atoms with Crippen molar-refractivity contribution in [2.75, 3.05) is 7.11 Å². The summed E-state index contributed by atoms with van der Waals surface area (Å²) in [6, 6.07) is 0. The summed E-state index contributed by atoms with van der Waals surface area (Å²) in [5, 5.41) is 18.6. The summed E-state index contributed by atoms with van der Waals surface area (Å²) in [5.41, 5.74) is 0.858. The molecule has 3 nitrogen and oxygen atoms in total. The highest BCUT2D eigenvalue weighted by Crippen LogP contribution is 2.46. The third-order valence-corrected chi connectivity index (χ3v) is 7.37. The number of halogens is 3. The second kappa shape index (κ2) is 10.0. The Bertz CT molecular complexity index is 665. The second-order valence-corrected chi connectivity index (χ2v) is 9.29. The van der Waals surface area contributed by atoms with Gasteiger partial charge in [-0.2, -0.15) is 13.2 Å². The molecule has 2 N–H and O–H groups in total. The molecule has 0 aromatic rings. The van der Waals surface area contributed by atoms with Crippen LogP contribution in [0.15, 0.2) is 35.5 Å². The first kappa shape index (κ1) is 23.6. The molecule has 0 heterocycles. The Hall–Kier alpha value is -1.11. The van der Waals surface area contributed by atoms with E-state index in [1.165, 1.54) is 11.6 Å². The van der Waals surface area contributed by atoms with Gasteiger partial charge in [0, 0.05) is 12.7 Å². The number of hydrogen-bond acceptors (Lipinski definition) is 3. The number of hydrogen-bond donors (Lipinski definition) is 2. The highest BCUT2D eigenvalue weighted by Gasteiger charge is 2.39. The minimum atomic E-state index is -4.21. The Kier molecular flexibility index (Phi) is 7.86. The Balaban J connectivity index is 1.73. The summed E-state index contributed by atoms with van der Waals surface area (Å²) in [6.07, 6.45) is 8.02. The first-order valence-corrected chi connectivity index (χ1v) is 11.2. The van der Waals surface area contributed by atoms with Gasteiger partial charge in [0.15, 0.2) is 6.29 Å². The summed E-state index contributed by atoms with van der Waals surface area (Å²) in [4.78, 5) is 0. The minimum absolute atomic E-state index is 0.0207. The van der Waals surface area contributed by atoms with Crippen molar-refractivity contribution in [1.29, 1.82) is 0 Å². The van der Waals surface area contributed by atoms with Gasteiger partial charge >= 0.3 is 6.18 Å². The molecule has 6 atom stereocenters. The van der Waals surface area contributed by atoms with E-state index in [2.05, 4.69) is 25.2 Å². The fraction of sp³-hybridized carbons (Fsp3) is 0.750. The van der Waals surface area contributed by atoms with E-state index in [1.807, 2.05) is 0 Å². The fourth-order valence-electron chi connectivity index (χ4n) is 5.79. The Morgan fingerprint density at radius 2 is 1.87 bits per heavy atom.